The highest BCUT2D eigenvalue weighted by Gasteiger charge is 2.49. The molecule has 3 N–H and O–H groups in total. The van der Waals surface area contributed by atoms with Crippen LogP contribution >= 0.6 is 0 Å². The summed E-state index contributed by atoms with van der Waals surface area (Å²) in [7, 11) is -4.40. The number of benzene rings is 3. The number of carbonyl (C=O) groups excluding carboxylic acids is 3. The van der Waals surface area contributed by atoms with Gasteiger partial charge in [-0.05, 0) is 50.2 Å². The van der Waals surface area contributed by atoms with Crippen LogP contribution in [0.4, 0.5) is 24.5 Å². The number of phenols is 1. The van der Waals surface area contributed by atoms with Gasteiger partial charge in [0.05, 0.1) is 11.0 Å². The molecule has 1 aliphatic rings. The van der Waals surface area contributed by atoms with Crippen LogP contribution in [0.15, 0.2) is 53.4 Å². The third kappa shape index (κ3) is 4.81. The van der Waals surface area contributed by atoms with Crippen molar-refractivity contribution in [2.75, 3.05) is 10.0 Å². The lowest BCUT2D eigenvalue weighted by atomic mass is 9.93. The smallest absolute Gasteiger partial charge is 0.451 e. The van der Waals surface area contributed by atoms with Gasteiger partial charge in [0.2, 0.25) is 0 Å². The minimum Gasteiger partial charge on any atom is -0.508 e. The predicted octanol–water partition coefficient (Wildman–Crippen LogP) is 4.08. The average Bonchev–Trinajstić information content (AvgIpc) is 3.12. The Morgan fingerprint density at radius 1 is 1.08 bits per heavy atom. The van der Waals surface area contributed by atoms with Crippen molar-refractivity contribution < 1.29 is 45.8 Å². The third-order valence-corrected chi connectivity index (χ3v) is 6.94. The fraction of sp³-hybridized carbons (Fsp3) is 0.208. The fourth-order valence-corrected chi connectivity index (χ4v) is 5.25. The molecular weight excluding hydrogens is 517 g/mol. The number of esters is 1. The number of hydrogen-bond donors (Lipinski definition) is 3. The van der Waals surface area contributed by atoms with Gasteiger partial charge in [-0.1, -0.05) is 12.1 Å². The lowest BCUT2D eigenvalue weighted by molar-refractivity contribution is -0.178. The van der Waals surface area contributed by atoms with Crippen LogP contribution in [0, 0.1) is 0 Å². The molecule has 0 spiro atoms. The van der Waals surface area contributed by atoms with Crippen molar-refractivity contribution in [3.05, 3.63) is 59.7 Å². The Morgan fingerprint density at radius 3 is 2.43 bits per heavy atom. The second kappa shape index (κ2) is 9.07. The summed E-state index contributed by atoms with van der Waals surface area (Å²) in [4.78, 5) is 36.4. The van der Waals surface area contributed by atoms with Crippen LogP contribution in [-0.4, -0.2) is 43.5 Å². The lowest BCUT2D eigenvalue weighted by Gasteiger charge is -2.20. The number of ether oxygens (including phenoxy) is 1. The molecule has 37 heavy (non-hydrogen) atoms. The number of anilines is 2. The molecule has 1 heterocycles. The molecule has 13 heteroatoms. The van der Waals surface area contributed by atoms with E-state index < -0.39 is 57.2 Å². The van der Waals surface area contributed by atoms with E-state index >= 15 is 0 Å². The SMILES string of the molecule is CC(C)OC(=O)[C@@H](C(=O)C(F)(F)F)c1cc(NS(=O)(=O)c2ccc3c4c(cccc24)C(=O)N3)ccc1O. The van der Waals surface area contributed by atoms with Crippen molar-refractivity contribution in [1.29, 1.82) is 0 Å². The van der Waals surface area contributed by atoms with Crippen LogP contribution in [0.2, 0.25) is 0 Å². The quantitative estimate of drug-likeness (QED) is 0.235. The number of amides is 1. The maximum atomic E-state index is 13.3. The summed E-state index contributed by atoms with van der Waals surface area (Å²) in [6.07, 6.45) is -6.32. The first kappa shape index (κ1) is 25.9. The molecule has 1 atom stereocenters. The van der Waals surface area contributed by atoms with Crippen LogP contribution in [0.1, 0.15) is 35.7 Å². The minimum atomic E-state index is -5.45. The van der Waals surface area contributed by atoms with E-state index in [0.717, 1.165) is 18.2 Å². The summed E-state index contributed by atoms with van der Waals surface area (Å²) in [5, 5.41) is 13.4. The number of aromatic hydroxyl groups is 1. The Balaban J connectivity index is 1.77. The van der Waals surface area contributed by atoms with Crippen LogP contribution in [0.5, 0.6) is 5.75 Å². The molecule has 4 rings (SSSR count). The molecule has 1 aliphatic heterocycles. The summed E-state index contributed by atoms with van der Waals surface area (Å²) in [6.45, 7) is 2.72. The molecule has 3 aromatic rings. The summed E-state index contributed by atoms with van der Waals surface area (Å²) >= 11 is 0. The average molecular weight is 536 g/mol. The first-order chi connectivity index (χ1) is 17.2. The molecular formula is C24H19F3N2O7S. The fourth-order valence-electron chi connectivity index (χ4n) is 4.00. The lowest BCUT2D eigenvalue weighted by Crippen LogP contribution is -2.35. The second-order valence-electron chi connectivity index (χ2n) is 8.45. The summed E-state index contributed by atoms with van der Waals surface area (Å²) < 4.78 is 73.3. The van der Waals surface area contributed by atoms with Gasteiger partial charge in [0.1, 0.15) is 5.75 Å². The van der Waals surface area contributed by atoms with E-state index in [4.69, 9.17) is 4.74 Å². The van der Waals surface area contributed by atoms with E-state index in [9.17, 15) is 41.1 Å². The van der Waals surface area contributed by atoms with Gasteiger partial charge in [0.15, 0.2) is 5.92 Å². The van der Waals surface area contributed by atoms with Crippen LogP contribution in [0.3, 0.4) is 0 Å². The predicted molar refractivity (Wildman–Crippen MR) is 126 cm³/mol. The van der Waals surface area contributed by atoms with E-state index in [1.54, 1.807) is 0 Å². The number of alkyl halides is 3. The molecule has 194 valence electrons. The number of hydrogen-bond acceptors (Lipinski definition) is 7. The highest BCUT2D eigenvalue weighted by Crippen LogP contribution is 2.38. The molecule has 0 unspecified atom stereocenters. The molecule has 0 radical (unpaired) electrons. The Kier molecular flexibility index (Phi) is 6.36. The maximum absolute atomic E-state index is 13.3. The van der Waals surface area contributed by atoms with Crippen molar-refractivity contribution in [1.82, 2.24) is 0 Å². The van der Waals surface area contributed by atoms with Crippen LogP contribution in [-0.2, 0) is 24.3 Å². The van der Waals surface area contributed by atoms with E-state index in [1.807, 2.05) is 0 Å². The zero-order valence-electron chi connectivity index (χ0n) is 19.2. The van der Waals surface area contributed by atoms with Gasteiger partial charge >= 0.3 is 12.1 Å². The molecule has 3 aromatic carbocycles. The third-order valence-electron chi connectivity index (χ3n) is 5.50. The normalized spacial score (nSPS) is 13.9. The summed E-state index contributed by atoms with van der Waals surface area (Å²) in [5.74, 6) is -7.88. The molecule has 1 amide bonds. The monoisotopic (exact) mass is 536 g/mol. The van der Waals surface area contributed by atoms with Crippen LogP contribution < -0.4 is 10.0 Å². The molecule has 0 aromatic heterocycles. The first-order valence-corrected chi connectivity index (χ1v) is 12.2. The Morgan fingerprint density at radius 2 is 1.78 bits per heavy atom. The largest absolute Gasteiger partial charge is 0.508 e. The Labute approximate surface area is 208 Å². The van der Waals surface area contributed by atoms with Gasteiger partial charge in [-0.15, -0.1) is 0 Å². The van der Waals surface area contributed by atoms with Gasteiger partial charge in [0.25, 0.3) is 21.7 Å². The topological polar surface area (TPSA) is 139 Å². The number of nitrogens with one attached hydrogen (secondary N) is 2. The zero-order valence-corrected chi connectivity index (χ0v) is 20.0. The number of rotatable bonds is 7. The zero-order chi connectivity index (χ0) is 27.3. The van der Waals surface area contributed by atoms with Gasteiger partial charge in [-0.2, -0.15) is 13.2 Å². The Bertz CT molecular complexity index is 1570. The van der Waals surface area contributed by atoms with Gasteiger partial charge in [-0.25, -0.2) is 8.42 Å². The standard InChI is InChI=1S/C24H19F3N2O7S/c1-11(2)36-23(33)20(21(31)24(25,26)27)15-10-12(6-8-17(15)30)29-37(34,35)18-9-7-16-19-13(18)4-3-5-14(19)22(32)28-16/h3-11,20,29-30H,1-2H3,(H,28,32)/t20-/m1/s1. The molecule has 0 bridgehead atoms. The van der Waals surface area contributed by atoms with Gasteiger partial charge in [-0.3, -0.25) is 19.1 Å². The number of halogens is 3. The molecule has 0 saturated heterocycles. The summed E-state index contributed by atoms with van der Waals surface area (Å²) in [6, 6.07) is 9.80. The van der Waals surface area contributed by atoms with Gasteiger partial charge in [0, 0.05) is 33.3 Å². The van der Waals surface area contributed by atoms with E-state index in [2.05, 4.69) is 10.0 Å². The highest BCUT2D eigenvalue weighted by molar-refractivity contribution is 7.93. The second-order valence-corrected chi connectivity index (χ2v) is 10.1. The van der Waals surface area contributed by atoms with Crippen molar-refractivity contribution in [3.8, 4) is 5.75 Å². The van der Waals surface area contributed by atoms with Crippen molar-refractivity contribution in [2.45, 2.75) is 36.9 Å². The van der Waals surface area contributed by atoms with Crippen molar-refractivity contribution in [2.24, 2.45) is 0 Å². The first-order valence-electron chi connectivity index (χ1n) is 10.7. The minimum absolute atomic E-state index is 0.213. The number of sulfonamides is 1. The molecule has 0 fully saturated rings. The van der Waals surface area contributed by atoms with E-state index in [-0.39, 0.29) is 21.5 Å². The van der Waals surface area contributed by atoms with Crippen molar-refractivity contribution in [3.63, 3.8) is 0 Å². The van der Waals surface area contributed by atoms with E-state index in [1.165, 1.54) is 44.2 Å². The number of carbonyl (C=O) groups is 3. The van der Waals surface area contributed by atoms with Crippen molar-refractivity contribution >= 4 is 49.8 Å². The number of phenolic OH excluding ortho intramolecular Hbond substituents is 1. The number of ketones is 1. The van der Waals surface area contributed by atoms with Crippen LogP contribution in [0.25, 0.3) is 10.8 Å². The molecule has 0 saturated carbocycles. The molecule has 9 nitrogen and oxygen atoms in total. The highest BCUT2D eigenvalue weighted by atomic mass is 32.2. The number of Topliss-reactive ketones (excluding diaryl/α,β-unsaturated/α-hetero) is 1. The maximum Gasteiger partial charge on any atom is 0.451 e. The molecule has 0 aliphatic carbocycles. The Hall–Kier alpha value is -4.13. The van der Waals surface area contributed by atoms with Gasteiger partial charge < -0.3 is 15.2 Å². The van der Waals surface area contributed by atoms with E-state index in [0.29, 0.717) is 11.1 Å². The summed E-state index contributed by atoms with van der Waals surface area (Å²) in [5.41, 5.74) is -0.432.